The minimum Gasteiger partial charge on any atom is -0.313 e. The number of hydrogen-bond acceptors (Lipinski definition) is 1. The van der Waals surface area contributed by atoms with E-state index in [-0.39, 0.29) is 5.82 Å². The lowest BCUT2D eigenvalue weighted by Gasteiger charge is -2.20. The van der Waals surface area contributed by atoms with Crippen LogP contribution >= 0.6 is 0 Å². The van der Waals surface area contributed by atoms with E-state index in [1.165, 1.54) is 11.6 Å². The second kappa shape index (κ2) is 7.94. The summed E-state index contributed by atoms with van der Waals surface area (Å²) in [6.45, 7) is 5.21. The molecule has 0 aliphatic heterocycles. The zero-order chi connectivity index (χ0) is 15.1. The molecule has 0 bridgehead atoms. The number of halogens is 1. The third-order valence-corrected chi connectivity index (χ3v) is 3.79. The quantitative estimate of drug-likeness (QED) is 0.800. The molecule has 0 radical (unpaired) electrons. The van der Waals surface area contributed by atoms with Crippen LogP contribution in [0.3, 0.4) is 0 Å². The van der Waals surface area contributed by atoms with E-state index in [1.807, 2.05) is 19.1 Å². The van der Waals surface area contributed by atoms with Gasteiger partial charge in [0.1, 0.15) is 5.82 Å². The van der Waals surface area contributed by atoms with Crippen molar-refractivity contribution >= 4 is 0 Å². The molecule has 0 spiro atoms. The number of nitrogens with one attached hydrogen (secondary N) is 1. The Kier molecular flexibility index (Phi) is 5.94. The summed E-state index contributed by atoms with van der Waals surface area (Å²) in [7, 11) is 0. The number of hydrogen-bond donors (Lipinski definition) is 1. The number of aryl methyl sites for hydroxylation is 1. The summed E-state index contributed by atoms with van der Waals surface area (Å²) in [4.78, 5) is 0. The highest BCUT2D eigenvalue weighted by molar-refractivity contribution is 5.28. The molecule has 1 atom stereocenters. The predicted molar refractivity (Wildman–Crippen MR) is 87.1 cm³/mol. The molecule has 0 aliphatic carbocycles. The average Bonchev–Trinajstić information content (AvgIpc) is 2.49. The Bertz CT molecular complexity index is 551. The smallest absolute Gasteiger partial charge is 0.123 e. The molecule has 0 aromatic heterocycles. The summed E-state index contributed by atoms with van der Waals surface area (Å²) < 4.78 is 13.5. The van der Waals surface area contributed by atoms with Crippen molar-refractivity contribution in [1.29, 1.82) is 0 Å². The molecule has 112 valence electrons. The molecule has 2 aromatic carbocycles. The van der Waals surface area contributed by atoms with Crippen LogP contribution in [0.5, 0.6) is 0 Å². The highest BCUT2D eigenvalue weighted by Crippen LogP contribution is 2.15. The predicted octanol–water partition coefficient (Wildman–Crippen LogP) is 4.29. The molecule has 2 heteroatoms. The van der Waals surface area contributed by atoms with Crippen molar-refractivity contribution in [2.45, 2.75) is 39.2 Å². The van der Waals surface area contributed by atoms with E-state index >= 15 is 0 Å². The minimum absolute atomic E-state index is 0.149. The minimum atomic E-state index is -0.149. The van der Waals surface area contributed by atoms with Crippen molar-refractivity contribution in [1.82, 2.24) is 5.32 Å². The van der Waals surface area contributed by atoms with Crippen LogP contribution in [0.4, 0.5) is 4.39 Å². The van der Waals surface area contributed by atoms with Crippen molar-refractivity contribution in [3.05, 3.63) is 71.0 Å². The summed E-state index contributed by atoms with van der Waals surface area (Å²) in [5, 5.41) is 3.59. The number of rotatable bonds is 7. The second-order valence-electron chi connectivity index (χ2n) is 5.62. The molecular weight excluding hydrogens is 261 g/mol. The Labute approximate surface area is 127 Å². The maximum Gasteiger partial charge on any atom is 0.123 e. The lowest BCUT2D eigenvalue weighted by molar-refractivity contribution is 0.502. The Morgan fingerprint density at radius 2 is 1.81 bits per heavy atom. The molecular formula is C19H24FN. The van der Waals surface area contributed by atoms with E-state index in [0.717, 1.165) is 36.9 Å². The van der Waals surface area contributed by atoms with Crippen LogP contribution in [0.25, 0.3) is 0 Å². The Morgan fingerprint density at radius 1 is 1.05 bits per heavy atom. The maximum atomic E-state index is 13.5. The monoisotopic (exact) mass is 285 g/mol. The van der Waals surface area contributed by atoms with Gasteiger partial charge in [-0.1, -0.05) is 43.3 Å². The SMILES string of the molecule is CCCNC(Cc1ccccc1)Cc1cc(F)ccc1C. The van der Waals surface area contributed by atoms with Gasteiger partial charge in [0.15, 0.2) is 0 Å². The molecule has 0 amide bonds. The van der Waals surface area contributed by atoms with Crippen LogP contribution in [0.2, 0.25) is 0 Å². The zero-order valence-corrected chi connectivity index (χ0v) is 12.9. The summed E-state index contributed by atoms with van der Waals surface area (Å²) in [6, 6.07) is 15.9. The van der Waals surface area contributed by atoms with E-state index < -0.39 is 0 Å². The van der Waals surface area contributed by atoms with Gasteiger partial charge in [-0.05, 0) is 61.6 Å². The van der Waals surface area contributed by atoms with Crippen LogP contribution < -0.4 is 5.32 Å². The molecule has 0 saturated heterocycles. The summed E-state index contributed by atoms with van der Waals surface area (Å²) in [6.07, 6.45) is 2.93. The summed E-state index contributed by atoms with van der Waals surface area (Å²) in [5.74, 6) is -0.149. The molecule has 0 aliphatic rings. The standard InChI is InChI=1S/C19H24FN/c1-3-11-21-19(12-16-7-5-4-6-8-16)14-17-13-18(20)10-9-15(17)2/h4-10,13,19,21H,3,11-12,14H2,1-2H3. The number of benzene rings is 2. The highest BCUT2D eigenvalue weighted by Gasteiger charge is 2.12. The van der Waals surface area contributed by atoms with Gasteiger partial charge < -0.3 is 5.32 Å². The van der Waals surface area contributed by atoms with Crippen LogP contribution in [-0.2, 0) is 12.8 Å². The van der Waals surface area contributed by atoms with Crippen molar-refractivity contribution in [2.24, 2.45) is 0 Å². The van der Waals surface area contributed by atoms with Crippen molar-refractivity contribution < 1.29 is 4.39 Å². The van der Waals surface area contributed by atoms with E-state index in [9.17, 15) is 4.39 Å². The first-order chi connectivity index (χ1) is 10.2. The van der Waals surface area contributed by atoms with Crippen molar-refractivity contribution in [3.63, 3.8) is 0 Å². The Balaban J connectivity index is 2.10. The van der Waals surface area contributed by atoms with Gasteiger partial charge in [0.2, 0.25) is 0 Å². The van der Waals surface area contributed by atoms with Gasteiger partial charge in [0.05, 0.1) is 0 Å². The fourth-order valence-electron chi connectivity index (χ4n) is 2.59. The second-order valence-corrected chi connectivity index (χ2v) is 5.62. The van der Waals surface area contributed by atoms with E-state index in [2.05, 4.69) is 36.5 Å². The van der Waals surface area contributed by atoms with Gasteiger partial charge in [0, 0.05) is 6.04 Å². The van der Waals surface area contributed by atoms with Gasteiger partial charge in [-0.3, -0.25) is 0 Å². The topological polar surface area (TPSA) is 12.0 Å². The first-order valence-electron chi connectivity index (χ1n) is 7.71. The summed E-state index contributed by atoms with van der Waals surface area (Å²) >= 11 is 0. The average molecular weight is 285 g/mol. The van der Waals surface area contributed by atoms with Gasteiger partial charge in [-0.25, -0.2) is 4.39 Å². The Hall–Kier alpha value is -1.67. The van der Waals surface area contributed by atoms with Crippen molar-refractivity contribution in [2.75, 3.05) is 6.54 Å². The van der Waals surface area contributed by atoms with Crippen molar-refractivity contribution in [3.8, 4) is 0 Å². The zero-order valence-electron chi connectivity index (χ0n) is 12.9. The van der Waals surface area contributed by atoms with Gasteiger partial charge in [-0.2, -0.15) is 0 Å². The lowest BCUT2D eigenvalue weighted by atomic mass is 9.96. The normalized spacial score (nSPS) is 12.3. The van der Waals surface area contributed by atoms with Gasteiger partial charge in [-0.15, -0.1) is 0 Å². The molecule has 21 heavy (non-hydrogen) atoms. The first-order valence-corrected chi connectivity index (χ1v) is 7.71. The van der Waals surface area contributed by atoms with Crippen LogP contribution in [0.1, 0.15) is 30.0 Å². The van der Waals surface area contributed by atoms with Gasteiger partial charge >= 0.3 is 0 Å². The Morgan fingerprint density at radius 3 is 2.52 bits per heavy atom. The fourth-order valence-corrected chi connectivity index (χ4v) is 2.59. The third-order valence-electron chi connectivity index (χ3n) is 3.79. The highest BCUT2D eigenvalue weighted by atomic mass is 19.1. The molecule has 2 rings (SSSR count). The molecule has 2 aromatic rings. The third kappa shape index (κ3) is 4.98. The van der Waals surface area contributed by atoms with E-state index in [4.69, 9.17) is 0 Å². The fraction of sp³-hybridized carbons (Fsp3) is 0.368. The molecule has 1 unspecified atom stereocenters. The summed E-state index contributed by atoms with van der Waals surface area (Å²) in [5.41, 5.74) is 3.58. The van der Waals surface area contributed by atoms with Crippen LogP contribution in [-0.4, -0.2) is 12.6 Å². The molecule has 0 saturated carbocycles. The van der Waals surface area contributed by atoms with Gasteiger partial charge in [0.25, 0.3) is 0 Å². The lowest BCUT2D eigenvalue weighted by Crippen LogP contribution is -2.34. The van der Waals surface area contributed by atoms with E-state index in [1.54, 1.807) is 6.07 Å². The molecule has 1 N–H and O–H groups in total. The van der Waals surface area contributed by atoms with Crippen LogP contribution in [0, 0.1) is 12.7 Å². The maximum absolute atomic E-state index is 13.5. The molecule has 0 heterocycles. The molecule has 0 fully saturated rings. The largest absolute Gasteiger partial charge is 0.313 e. The first kappa shape index (κ1) is 15.7. The molecule has 1 nitrogen and oxygen atoms in total. The van der Waals surface area contributed by atoms with Crippen LogP contribution in [0.15, 0.2) is 48.5 Å². The van der Waals surface area contributed by atoms with E-state index in [0.29, 0.717) is 6.04 Å².